The number of benzene rings is 1. The van der Waals surface area contributed by atoms with Crippen molar-refractivity contribution in [2.75, 3.05) is 44.7 Å². The molecule has 0 saturated carbocycles. The summed E-state index contributed by atoms with van der Waals surface area (Å²) in [5.41, 5.74) is 2.24. The highest BCUT2D eigenvalue weighted by molar-refractivity contribution is 5.93. The van der Waals surface area contributed by atoms with Crippen LogP contribution in [0.5, 0.6) is 0 Å². The number of ether oxygens (including phenoxy) is 1. The Morgan fingerprint density at radius 3 is 2.69 bits per heavy atom. The second kappa shape index (κ2) is 10.7. The third kappa shape index (κ3) is 6.22. The maximum Gasteiger partial charge on any atom is 0.270 e. The highest BCUT2D eigenvalue weighted by atomic mass is 16.5. The Balaban J connectivity index is 1.49. The lowest BCUT2D eigenvalue weighted by atomic mass is 10.2. The van der Waals surface area contributed by atoms with Crippen molar-refractivity contribution in [3.05, 3.63) is 65.2 Å². The molecule has 4 rings (SSSR count). The van der Waals surface area contributed by atoms with Crippen LogP contribution in [0, 0.1) is 6.92 Å². The normalized spacial score (nSPS) is 14.5. The molecule has 1 amide bonds. The minimum absolute atomic E-state index is 0.240. The van der Waals surface area contributed by atoms with Crippen molar-refractivity contribution in [1.82, 2.24) is 30.4 Å². The Morgan fingerprint density at radius 1 is 1.12 bits per heavy atom. The molecule has 3 heterocycles. The third-order valence-corrected chi connectivity index (χ3v) is 4.98. The lowest BCUT2D eigenvalue weighted by molar-refractivity contribution is 0.0383. The molecule has 0 unspecified atom stereocenters. The fraction of sp³-hybridized carbons (Fsp3) is 0.304. The van der Waals surface area contributed by atoms with Gasteiger partial charge in [0.05, 0.1) is 13.2 Å². The molecule has 1 fully saturated rings. The van der Waals surface area contributed by atoms with Crippen LogP contribution in [0.15, 0.2) is 42.5 Å². The van der Waals surface area contributed by atoms with E-state index in [9.17, 15) is 4.79 Å². The van der Waals surface area contributed by atoms with Gasteiger partial charge in [-0.15, -0.1) is 0 Å². The number of carbonyl (C=O) groups excluding carboxylic acids is 1. The molecule has 1 saturated heterocycles. The van der Waals surface area contributed by atoms with E-state index < -0.39 is 0 Å². The topological polar surface area (TPSA) is 108 Å². The fourth-order valence-corrected chi connectivity index (χ4v) is 3.31. The van der Waals surface area contributed by atoms with Crippen LogP contribution in [0.25, 0.3) is 12.2 Å². The van der Waals surface area contributed by atoms with Crippen molar-refractivity contribution in [3.8, 4) is 0 Å². The van der Waals surface area contributed by atoms with Crippen molar-refractivity contribution in [2.24, 2.45) is 0 Å². The molecule has 3 aromatic rings. The summed E-state index contributed by atoms with van der Waals surface area (Å²) in [4.78, 5) is 24.0. The van der Waals surface area contributed by atoms with E-state index in [0.717, 1.165) is 44.1 Å². The van der Waals surface area contributed by atoms with E-state index in [1.165, 1.54) is 0 Å². The zero-order valence-electron chi connectivity index (χ0n) is 18.0. The van der Waals surface area contributed by atoms with Gasteiger partial charge in [-0.1, -0.05) is 36.4 Å². The Kier molecular flexibility index (Phi) is 7.21. The first-order chi connectivity index (χ1) is 15.7. The first kappa shape index (κ1) is 21.7. The Hall–Kier alpha value is -3.56. The van der Waals surface area contributed by atoms with Crippen molar-refractivity contribution >= 4 is 29.7 Å². The minimum Gasteiger partial charge on any atom is -0.379 e. The second-order valence-corrected chi connectivity index (χ2v) is 7.51. The molecule has 166 valence electrons. The van der Waals surface area contributed by atoms with Crippen LogP contribution < -0.4 is 10.6 Å². The summed E-state index contributed by atoms with van der Waals surface area (Å²) in [6.07, 6.45) is 3.71. The smallest absolute Gasteiger partial charge is 0.270 e. The second-order valence-electron chi connectivity index (χ2n) is 7.51. The van der Waals surface area contributed by atoms with Crippen LogP contribution in [0.2, 0.25) is 0 Å². The van der Waals surface area contributed by atoms with Crippen molar-refractivity contribution in [2.45, 2.75) is 6.92 Å². The Bertz CT molecular complexity index is 1060. The molecular weight excluding hydrogens is 406 g/mol. The number of aromatic nitrogens is 4. The van der Waals surface area contributed by atoms with Crippen LogP contribution in [0.4, 0.5) is 11.6 Å². The van der Waals surface area contributed by atoms with Gasteiger partial charge >= 0.3 is 0 Å². The number of aromatic amines is 1. The lowest BCUT2D eigenvalue weighted by Gasteiger charge is -2.26. The highest BCUT2D eigenvalue weighted by Crippen LogP contribution is 2.15. The number of anilines is 2. The number of aryl methyl sites for hydroxylation is 1. The van der Waals surface area contributed by atoms with E-state index in [1.54, 1.807) is 12.1 Å². The maximum absolute atomic E-state index is 12.8. The van der Waals surface area contributed by atoms with E-state index in [4.69, 9.17) is 4.74 Å². The van der Waals surface area contributed by atoms with E-state index in [1.807, 2.05) is 49.4 Å². The average Bonchev–Trinajstić information content (AvgIpc) is 3.23. The van der Waals surface area contributed by atoms with Crippen LogP contribution >= 0.6 is 0 Å². The first-order valence-corrected chi connectivity index (χ1v) is 10.7. The monoisotopic (exact) mass is 433 g/mol. The van der Waals surface area contributed by atoms with Gasteiger partial charge in [0, 0.05) is 44.0 Å². The molecular formula is C23H27N7O2. The number of nitrogens with one attached hydrogen (secondary N) is 3. The van der Waals surface area contributed by atoms with Gasteiger partial charge in [-0.25, -0.2) is 9.97 Å². The summed E-state index contributed by atoms with van der Waals surface area (Å²) in [5.74, 6) is 1.32. The first-order valence-electron chi connectivity index (χ1n) is 10.7. The molecule has 2 aromatic heterocycles. The number of hydrogen-bond donors (Lipinski definition) is 3. The zero-order valence-corrected chi connectivity index (χ0v) is 18.0. The minimum atomic E-state index is -0.240. The molecule has 0 aliphatic carbocycles. The molecule has 1 aromatic carbocycles. The van der Waals surface area contributed by atoms with Gasteiger partial charge in [-0.05, 0) is 18.6 Å². The quantitative estimate of drug-likeness (QED) is 0.501. The number of carbonyl (C=O) groups is 1. The van der Waals surface area contributed by atoms with Crippen LogP contribution in [-0.2, 0) is 4.74 Å². The fourth-order valence-electron chi connectivity index (χ4n) is 3.31. The van der Waals surface area contributed by atoms with Gasteiger partial charge in [0.25, 0.3) is 5.91 Å². The Morgan fingerprint density at radius 2 is 1.94 bits per heavy atom. The molecule has 0 spiro atoms. The molecule has 9 heteroatoms. The molecule has 0 radical (unpaired) electrons. The zero-order chi connectivity index (χ0) is 22.2. The Labute approximate surface area is 186 Å². The largest absolute Gasteiger partial charge is 0.379 e. The number of hydrogen-bond acceptors (Lipinski definition) is 7. The van der Waals surface area contributed by atoms with Crippen molar-refractivity contribution in [3.63, 3.8) is 0 Å². The number of amides is 1. The number of H-pyrrole nitrogens is 1. The number of morpholine rings is 1. The van der Waals surface area contributed by atoms with Crippen LogP contribution in [0.1, 0.15) is 27.6 Å². The van der Waals surface area contributed by atoms with Gasteiger partial charge in [0.1, 0.15) is 11.5 Å². The summed E-state index contributed by atoms with van der Waals surface area (Å²) in [6, 6.07) is 13.4. The summed E-state index contributed by atoms with van der Waals surface area (Å²) >= 11 is 0. The highest BCUT2D eigenvalue weighted by Gasteiger charge is 2.14. The van der Waals surface area contributed by atoms with E-state index in [2.05, 4.69) is 35.7 Å². The number of nitrogens with zero attached hydrogens (tertiary/aromatic N) is 4. The maximum atomic E-state index is 12.8. The molecule has 9 nitrogen and oxygen atoms in total. The number of rotatable bonds is 8. The van der Waals surface area contributed by atoms with Crippen LogP contribution in [0.3, 0.4) is 0 Å². The van der Waals surface area contributed by atoms with Gasteiger partial charge in [0.15, 0.2) is 11.6 Å². The SMILES string of the molecule is Cc1cc(Nc2cc(C(=O)NCCN3CCOCC3)nc(/C=C/c3ccccc3)n2)n[nH]1. The lowest BCUT2D eigenvalue weighted by Crippen LogP contribution is -2.41. The molecule has 1 aliphatic rings. The summed E-state index contributed by atoms with van der Waals surface area (Å²) < 4.78 is 5.36. The van der Waals surface area contributed by atoms with E-state index >= 15 is 0 Å². The summed E-state index contributed by atoms with van der Waals surface area (Å²) in [7, 11) is 0. The predicted molar refractivity (Wildman–Crippen MR) is 124 cm³/mol. The molecule has 1 aliphatic heterocycles. The van der Waals surface area contributed by atoms with Crippen molar-refractivity contribution < 1.29 is 9.53 Å². The van der Waals surface area contributed by atoms with Gasteiger partial charge < -0.3 is 15.4 Å². The summed E-state index contributed by atoms with van der Waals surface area (Å²) in [6.45, 7) is 6.47. The standard InChI is InChI=1S/C23H27N7O2/c1-17-15-22(29-28-17)27-21-16-19(23(31)24-9-10-30-11-13-32-14-12-30)25-20(26-21)8-7-18-5-3-2-4-6-18/h2-8,15-16H,9-14H2,1H3,(H,24,31)(H2,25,26,27,28,29)/b8-7+. The van der Waals surface area contributed by atoms with Crippen LogP contribution in [-0.4, -0.2) is 70.4 Å². The average molecular weight is 434 g/mol. The van der Waals surface area contributed by atoms with Crippen molar-refractivity contribution in [1.29, 1.82) is 0 Å². The molecule has 0 atom stereocenters. The van der Waals surface area contributed by atoms with E-state index in [-0.39, 0.29) is 5.91 Å². The van der Waals surface area contributed by atoms with Gasteiger partial charge in [-0.2, -0.15) is 5.10 Å². The summed E-state index contributed by atoms with van der Waals surface area (Å²) in [5, 5.41) is 13.2. The molecule has 3 N–H and O–H groups in total. The van der Waals surface area contributed by atoms with Gasteiger partial charge in [-0.3, -0.25) is 14.8 Å². The predicted octanol–water partition coefficient (Wildman–Crippen LogP) is 2.48. The third-order valence-electron chi connectivity index (χ3n) is 4.98. The van der Waals surface area contributed by atoms with E-state index in [0.29, 0.717) is 29.7 Å². The molecule has 0 bridgehead atoms. The molecule has 32 heavy (non-hydrogen) atoms. The van der Waals surface area contributed by atoms with Gasteiger partial charge in [0.2, 0.25) is 0 Å².